The van der Waals surface area contributed by atoms with Gasteiger partial charge in [0, 0.05) is 0 Å². The molecule has 2 N–H and O–H groups in total. The maximum absolute atomic E-state index is 5.45. The zero-order chi connectivity index (χ0) is 10.6. The minimum Gasteiger partial charge on any atom is -0.477 e. The van der Waals surface area contributed by atoms with Crippen molar-refractivity contribution in [3.8, 4) is 5.88 Å². The van der Waals surface area contributed by atoms with Crippen molar-refractivity contribution in [2.24, 2.45) is 5.92 Å². The SMILES string of the molecule is CC(C)CCOc1nc(N)ncc1Br. The van der Waals surface area contributed by atoms with Crippen molar-refractivity contribution in [2.45, 2.75) is 20.3 Å². The highest BCUT2D eigenvalue weighted by atomic mass is 79.9. The van der Waals surface area contributed by atoms with E-state index in [0.717, 1.165) is 10.9 Å². The minimum absolute atomic E-state index is 0.229. The van der Waals surface area contributed by atoms with Crippen LogP contribution in [-0.2, 0) is 0 Å². The highest BCUT2D eigenvalue weighted by Gasteiger charge is 2.04. The molecular weight excluding hydrogens is 246 g/mol. The lowest BCUT2D eigenvalue weighted by atomic mass is 10.1. The molecule has 0 spiro atoms. The molecule has 4 nitrogen and oxygen atoms in total. The van der Waals surface area contributed by atoms with Gasteiger partial charge in [-0.1, -0.05) is 13.8 Å². The maximum Gasteiger partial charge on any atom is 0.232 e. The fraction of sp³-hybridized carbons (Fsp3) is 0.556. The van der Waals surface area contributed by atoms with Crippen LogP contribution in [0.2, 0.25) is 0 Å². The van der Waals surface area contributed by atoms with Crippen molar-refractivity contribution in [2.75, 3.05) is 12.3 Å². The number of rotatable bonds is 4. The van der Waals surface area contributed by atoms with Gasteiger partial charge in [0.05, 0.1) is 17.3 Å². The van der Waals surface area contributed by atoms with Crippen LogP contribution in [0.4, 0.5) is 5.95 Å². The third kappa shape index (κ3) is 3.49. The van der Waals surface area contributed by atoms with E-state index >= 15 is 0 Å². The number of hydrogen-bond donors (Lipinski definition) is 1. The van der Waals surface area contributed by atoms with Gasteiger partial charge in [-0.15, -0.1) is 0 Å². The van der Waals surface area contributed by atoms with Crippen molar-refractivity contribution in [1.29, 1.82) is 0 Å². The standard InChI is InChI=1S/C9H14BrN3O/c1-6(2)3-4-14-8-7(10)5-12-9(11)13-8/h5-6H,3-4H2,1-2H3,(H2,11,12,13). The van der Waals surface area contributed by atoms with Crippen LogP contribution in [0, 0.1) is 5.92 Å². The van der Waals surface area contributed by atoms with Gasteiger partial charge in [0.25, 0.3) is 0 Å². The molecular formula is C9H14BrN3O. The summed E-state index contributed by atoms with van der Waals surface area (Å²) >= 11 is 3.29. The first-order valence-electron chi connectivity index (χ1n) is 4.50. The van der Waals surface area contributed by atoms with Gasteiger partial charge in [-0.25, -0.2) is 4.98 Å². The monoisotopic (exact) mass is 259 g/mol. The van der Waals surface area contributed by atoms with Gasteiger partial charge < -0.3 is 10.5 Å². The zero-order valence-corrected chi connectivity index (χ0v) is 9.91. The average molecular weight is 260 g/mol. The van der Waals surface area contributed by atoms with E-state index in [1.807, 2.05) is 0 Å². The van der Waals surface area contributed by atoms with Crippen molar-refractivity contribution in [1.82, 2.24) is 9.97 Å². The van der Waals surface area contributed by atoms with Crippen molar-refractivity contribution in [3.63, 3.8) is 0 Å². The first-order valence-corrected chi connectivity index (χ1v) is 5.29. The molecule has 0 saturated heterocycles. The van der Waals surface area contributed by atoms with E-state index in [4.69, 9.17) is 10.5 Å². The average Bonchev–Trinajstić information content (AvgIpc) is 2.10. The van der Waals surface area contributed by atoms with Gasteiger partial charge in [0.15, 0.2) is 0 Å². The van der Waals surface area contributed by atoms with E-state index < -0.39 is 0 Å². The summed E-state index contributed by atoms with van der Waals surface area (Å²) in [6, 6.07) is 0. The summed E-state index contributed by atoms with van der Waals surface area (Å²) in [4.78, 5) is 7.79. The molecule has 0 aromatic carbocycles. The first-order chi connectivity index (χ1) is 6.59. The van der Waals surface area contributed by atoms with Gasteiger partial charge in [0.1, 0.15) is 0 Å². The maximum atomic E-state index is 5.45. The van der Waals surface area contributed by atoms with E-state index in [-0.39, 0.29) is 5.95 Å². The number of nitrogen functional groups attached to an aromatic ring is 1. The topological polar surface area (TPSA) is 61.0 Å². The molecule has 14 heavy (non-hydrogen) atoms. The van der Waals surface area contributed by atoms with E-state index in [9.17, 15) is 0 Å². The minimum atomic E-state index is 0.229. The molecule has 5 heteroatoms. The van der Waals surface area contributed by atoms with Gasteiger partial charge in [-0.3, -0.25) is 0 Å². The molecule has 0 unspecified atom stereocenters. The Morgan fingerprint density at radius 2 is 2.29 bits per heavy atom. The Morgan fingerprint density at radius 1 is 1.57 bits per heavy atom. The Bertz CT molecular complexity index is 304. The second kappa shape index (κ2) is 5.14. The fourth-order valence-corrected chi connectivity index (χ4v) is 1.16. The van der Waals surface area contributed by atoms with Crippen LogP contribution >= 0.6 is 15.9 Å². The summed E-state index contributed by atoms with van der Waals surface area (Å²) in [5.74, 6) is 1.36. The number of ether oxygens (including phenoxy) is 1. The number of anilines is 1. The predicted molar refractivity (Wildman–Crippen MR) is 59.1 cm³/mol. The van der Waals surface area contributed by atoms with Crippen LogP contribution in [0.5, 0.6) is 5.88 Å². The molecule has 0 aliphatic carbocycles. The predicted octanol–water partition coefficient (Wildman–Crippen LogP) is 2.25. The smallest absolute Gasteiger partial charge is 0.232 e. The summed E-state index contributed by atoms with van der Waals surface area (Å²) in [6.07, 6.45) is 2.59. The van der Waals surface area contributed by atoms with Crippen molar-refractivity contribution >= 4 is 21.9 Å². The van der Waals surface area contributed by atoms with Gasteiger partial charge in [-0.05, 0) is 28.3 Å². The molecule has 1 aromatic heterocycles. The second-order valence-electron chi connectivity index (χ2n) is 3.41. The molecule has 0 aliphatic heterocycles. The molecule has 0 bridgehead atoms. The number of nitrogens with two attached hydrogens (primary N) is 1. The molecule has 0 aliphatic rings. The van der Waals surface area contributed by atoms with Crippen LogP contribution < -0.4 is 10.5 Å². The summed E-state index contributed by atoms with van der Waals surface area (Å²) in [5.41, 5.74) is 5.44. The number of aromatic nitrogens is 2. The third-order valence-corrected chi connectivity index (χ3v) is 2.21. The van der Waals surface area contributed by atoms with Crippen molar-refractivity contribution < 1.29 is 4.74 Å². The summed E-state index contributed by atoms with van der Waals surface area (Å²) in [5, 5.41) is 0. The molecule has 1 rings (SSSR count). The van der Waals surface area contributed by atoms with Crippen LogP contribution in [0.1, 0.15) is 20.3 Å². The van der Waals surface area contributed by atoms with Crippen LogP contribution in [0.15, 0.2) is 10.7 Å². The summed E-state index contributed by atoms with van der Waals surface area (Å²) < 4.78 is 6.18. The Balaban J connectivity index is 2.53. The Labute approximate surface area is 92.0 Å². The number of nitrogens with zero attached hydrogens (tertiary/aromatic N) is 2. The van der Waals surface area contributed by atoms with Crippen LogP contribution in [0.3, 0.4) is 0 Å². The Morgan fingerprint density at radius 3 is 2.93 bits per heavy atom. The number of halogens is 1. The van der Waals surface area contributed by atoms with Gasteiger partial charge in [-0.2, -0.15) is 4.98 Å². The number of hydrogen-bond acceptors (Lipinski definition) is 4. The molecule has 0 fully saturated rings. The largest absolute Gasteiger partial charge is 0.477 e. The molecule has 1 heterocycles. The van der Waals surface area contributed by atoms with E-state index in [1.165, 1.54) is 0 Å². The molecule has 78 valence electrons. The van der Waals surface area contributed by atoms with Crippen LogP contribution in [-0.4, -0.2) is 16.6 Å². The quantitative estimate of drug-likeness (QED) is 0.901. The lowest BCUT2D eigenvalue weighted by Gasteiger charge is -2.08. The highest BCUT2D eigenvalue weighted by Crippen LogP contribution is 2.21. The molecule has 0 saturated carbocycles. The Kier molecular flexibility index (Phi) is 4.13. The highest BCUT2D eigenvalue weighted by molar-refractivity contribution is 9.10. The van der Waals surface area contributed by atoms with Crippen molar-refractivity contribution in [3.05, 3.63) is 10.7 Å². The summed E-state index contributed by atoms with van der Waals surface area (Å²) in [7, 11) is 0. The van der Waals surface area contributed by atoms with E-state index in [1.54, 1.807) is 6.20 Å². The van der Waals surface area contributed by atoms with E-state index in [0.29, 0.717) is 18.4 Å². The second-order valence-corrected chi connectivity index (χ2v) is 4.27. The fourth-order valence-electron chi connectivity index (χ4n) is 0.857. The summed E-state index contributed by atoms with van der Waals surface area (Å²) in [6.45, 7) is 4.94. The first kappa shape index (κ1) is 11.2. The third-order valence-electron chi connectivity index (χ3n) is 1.66. The molecule has 0 amide bonds. The van der Waals surface area contributed by atoms with Crippen LogP contribution in [0.25, 0.3) is 0 Å². The normalized spacial score (nSPS) is 10.6. The Hall–Kier alpha value is -0.840. The van der Waals surface area contributed by atoms with E-state index in [2.05, 4.69) is 39.7 Å². The lowest BCUT2D eigenvalue weighted by molar-refractivity contribution is 0.277. The molecule has 0 radical (unpaired) electrons. The zero-order valence-electron chi connectivity index (χ0n) is 8.33. The lowest BCUT2D eigenvalue weighted by Crippen LogP contribution is -2.05. The van der Waals surface area contributed by atoms with Gasteiger partial charge in [0.2, 0.25) is 11.8 Å². The molecule has 0 atom stereocenters. The molecule has 1 aromatic rings. The van der Waals surface area contributed by atoms with Gasteiger partial charge >= 0.3 is 0 Å².